The van der Waals surface area contributed by atoms with Gasteiger partial charge in [0, 0.05) is 37.0 Å². The lowest BCUT2D eigenvalue weighted by Crippen LogP contribution is -2.27. The van der Waals surface area contributed by atoms with E-state index in [9.17, 15) is 9.59 Å². The Morgan fingerprint density at radius 1 is 1.29 bits per heavy atom. The van der Waals surface area contributed by atoms with Gasteiger partial charge in [0.05, 0.1) is 0 Å². The highest BCUT2D eigenvalue weighted by Crippen LogP contribution is 2.03. The number of nitrogens with one attached hydrogen (secondary N) is 2. The maximum absolute atomic E-state index is 11.9. The molecule has 0 aliphatic heterocycles. The Morgan fingerprint density at radius 3 is 3.05 bits per heavy atom. The number of rotatable bonds is 4. The fourth-order valence-electron chi connectivity index (χ4n) is 2.04. The van der Waals surface area contributed by atoms with Gasteiger partial charge in [-0.3, -0.25) is 14.0 Å². The highest BCUT2D eigenvalue weighted by atomic mass is 16.2. The van der Waals surface area contributed by atoms with Gasteiger partial charge in [-0.15, -0.1) is 10.2 Å². The van der Waals surface area contributed by atoms with Gasteiger partial charge in [-0.1, -0.05) is 6.07 Å². The first-order valence-electron chi connectivity index (χ1n) is 6.49. The molecule has 0 spiro atoms. The van der Waals surface area contributed by atoms with E-state index >= 15 is 0 Å². The first kappa shape index (κ1) is 13.0. The van der Waals surface area contributed by atoms with E-state index in [1.807, 2.05) is 28.8 Å². The summed E-state index contributed by atoms with van der Waals surface area (Å²) in [4.78, 5) is 25.5. The summed E-state index contributed by atoms with van der Waals surface area (Å²) in [6.07, 6.45) is 3.88. The zero-order valence-electron chi connectivity index (χ0n) is 11.1. The van der Waals surface area contributed by atoms with Crippen LogP contribution in [0.5, 0.6) is 0 Å². The van der Waals surface area contributed by atoms with Crippen LogP contribution in [0, 0.1) is 0 Å². The van der Waals surface area contributed by atoms with E-state index in [1.165, 1.54) is 12.3 Å². The number of nitrogens with zero attached hydrogens (tertiary/aromatic N) is 3. The largest absolute Gasteiger partial charge is 0.352 e. The molecule has 7 heteroatoms. The van der Waals surface area contributed by atoms with Crippen LogP contribution >= 0.6 is 0 Å². The molecule has 0 radical (unpaired) electrons. The van der Waals surface area contributed by atoms with Crippen LogP contribution in [0.2, 0.25) is 0 Å². The Hall–Kier alpha value is -2.96. The highest BCUT2D eigenvalue weighted by Gasteiger charge is 2.07. The molecule has 0 aliphatic carbocycles. The molecule has 2 N–H and O–H groups in total. The Balaban J connectivity index is 1.64. The van der Waals surface area contributed by atoms with E-state index in [-0.39, 0.29) is 11.5 Å². The third-order valence-corrected chi connectivity index (χ3v) is 3.06. The van der Waals surface area contributed by atoms with Gasteiger partial charge in [0.25, 0.3) is 5.91 Å². The monoisotopic (exact) mass is 283 g/mol. The maximum atomic E-state index is 11.9. The number of pyridine rings is 2. The van der Waals surface area contributed by atoms with Crippen molar-refractivity contribution in [3.05, 3.63) is 64.5 Å². The number of amides is 1. The summed E-state index contributed by atoms with van der Waals surface area (Å²) in [6, 6.07) is 8.48. The van der Waals surface area contributed by atoms with Gasteiger partial charge in [-0.2, -0.15) is 0 Å². The molecule has 0 bridgehead atoms. The van der Waals surface area contributed by atoms with Gasteiger partial charge in [0.2, 0.25) is 5.56 Å². The molecule has 0 aromatic carbocycles. The molecule has 3 aromatic rings. The number of aromatic nitrogens is 4. The molecule has 0 atom stereocenters. The van der Waals surface area contributed by atoms with E-state index in [2.05, 4.69) is 20.5 Å². The number of fused-ring (bicyclic) bond motifs is 1. The van der Waals surface area contributed by atoms with Crippen molar-refractivity contribution in [2.75, 3.05) is 6.54 Å². The van der Waals surface area contributed by atoms with Crippen LogP contribution < -0.4 is 10.9 Å². The van der Waals surface area contributed by atoms with Gasteiger partial charge in [-0.25, -0.2) is 0 Å². The standard InChI is InChI=1S/C14H13N5O2/c20-13-9-10(4-6-15-13)14(21)16-7-5-12-18-17-11-3-1-2-8-19(11)12/h1-4,6,8-9H,5,7H2,(H,15,20)(H,16,21). The van der Waals surface area contributed by atoms with Crippen molar-refractivity contribution in [3.8, 4) is 0 Å². The number of carbonyl (C=O) groups is 1. The molecule has 1 amide bonds. The molecule has 3 rings (SSSR count). The molecule has 0 aliphatic rings. The Kier molecular flexibility index (Phi) is 3.46. The molecular weight excluding hydrogens is 270 g/mol. The molecule has 0 fully saturated rings. The van der Waals surface area contributed by atoms with Crippen LogP contribution in [0.3, 0.4) is 0 Å². The van der Waals surface area contributed by atoms with Gasteiger partial charge < -0.3 is 10.3 Å². The van der Waals surface area contributed by atoms with Crippen molar-refractivity contribution < 1.29 is 4.79 Å². The quantitative estimate of drug-likeness (QED) is 0.724. The summed E-state index contributed by atoms with van der Waals surface area (Å²) < 4.78 is 1.87. The smallest absolute Gasteiger partial charge is 0.251 e. The minimum absolute atomic E-state index is 0.282. The second kappa shape index (κ2) is 5.58. The third kappa shape index (κ3) is 2.81. The van der Waals surface area contributed by atoms with Crippen molar-refractivity contribution in [2.45, 2.75) is 6.42 Å². The second-order valence-corrected chi connectivity index (χ2v) is 4.49. The fraction of sp³-hybridized carbons (Fsp3) is 0.143. The lowest BCUT2D eigenvalue weighted by atomic mass is 10.2. The van der Waals surface area contributed by atoms with E-state index < -0.39 is 0 Å². The molecule has 0 saturated carbocycles. The van der Waals surface area contributed by atoms with Crippen LogP contribution in [0.25, 0.3) is 5.65 Å². The van der Waals surface area contributed by atoms with E-state index in [0.717, 1.165) is 11.5 Å². The number of H-pyrrole nitrogens is 1. The normalized spacial score (nSPS) is 10.7. The molecule has 0 unspecified atom stereocenters. The number of carbonyl (C=O) groups excluding carboxylic acids is 1. The average Bonchev–Trinajstić information content (AvgIpc) is 2.91. The number of hydrogen-bond donors (Lipinski definition) is 2. The predicted molar refractivity (Wildman–Crippen MR) is 76.1 cm³/mol. The Bertz CT molecular complexity index is 836. The van der Waals surface area contributed by atoms with E-state index in [1.54, 1.807) is 6.07 Å². The predicted octanol–water partition coefficient (Wildman–Crippen LogP) is 0.390. The van der Waals surface area contributed by atoms with Crippen LogP contribution in [0.1, 0.15) is 16.2 Å². The van der Waals surface area contributed by atoms with Gasteiger partial charge in [0.15, 0.2) is 5.65 Å². The van der Waals surface area contributed by atoms with Gasteiger partial charge in [0.1, 0.15) is 5.82 Å². The van der Waals surface area contributed by atoms with Crippen LogP contribution in [-0.2, 0) is 6.42 Å². The van der Waals surface area contributed by atoms with E-state index in [0.29, 0.717) is 18.5 Å². The van der Waals surface area contributed by atoms with Crippen molar-refractivity contribution in [3.63, 3.8) is 0 Å². The topological polar surface area (TPSA) is 92.2 Å². The SMILES string of the molecule is O=C(NCCc1nnc2ccccn12)c1cc[nH]c(=O)c1. The summed E-state index contributed by atoms with van der Waals surface area (Å²) in [5.74, 6) is 0.492. The highest BCUT2D eigenvalue weighted by molar-refractivity contribution is 5.93. The Morgan fingerprint density at radius 2 is 2.19 bits per heavy atom. The first-order chi connectivity index (χ1) is 10.2. The summed E-state index contributed by atoms with van der Waals surface area (Å²) in [5, 5.41) is 10.9. The first-order valence-corrected chi connectivity index (χ1v) is 6.49. The minimum Gasteiger partial charge on any atom is -0.352 e. The van der Waals surface area contributed by atoms with Crippen molar-refractivity contribution >= 4 is 11.6 Å². The molecular formula is C14H13N5O2. The maximum Gasteiger partial charge on any atom is 0.251 e. The lowest BCUT2D eigenvalue weighted by Gasteiger charge is -2.04. The van der Waals surface area contributed by atoms with Crippen LogP contribution in [0.4, 0.5) is 0 Å². The van der Waals surface area contributed by atoms with Crippen molar-refractivity contribution in [2.24, 2.45) is 0 Å². The summed E-state index contributed by atoms with van der Waals surface area (Å²) in [7, 11) is 0. The van der Waals surface area contributed by atoms with Gasteiger partial charge in [-0.05, 0) is 18.2 Å². The molecule has 106 valence electrons. The average molecular weight is 283 g/mol. The van der Waals surface area contributed by atoms with Crippen LogP contribution in [-0.4, -0.2) is 32.0 Å². The van der Waals surface area contributed by atoms with Crippen molar-refractivity contribution in [1.29, 1.82) is 0 Å². The third-order valence-electron chi connectivity index (χ3n) is 3.06. The van der Waals surface area contributed by atoms with Crippen molar-refractivity contribution in [1.82, 2.24) is 24.9 Å². The molecule has 7 nitrogen and oxygen atoms in total. The number of hydrogen-bond acceptors (Lipinski definition) is 4. The minimum atomic E-state index is -0.300. The number of aromatic amines is 1. The van der Waals surface area contributed by atoms with E-state index in [4.69, 9.17) is 0 Å². The molecule has 3 heterocycles. The second-order valence-electron chi connectivity index (χ2n) is 4.49. The molecule has 21 heavy (non-hydrogen) atoms. The Labute approximate surface area is 119 Å². The summed E-state index contributed by atoms with van der Waals surface area (Å²) in [5.41, 5.74) is 0.810. The lowest BCUT2D eigenvalue weighted by molar-refractivity contribution is 0.0953. The molecule has 3 aromatic heterocycles. The fourth-order valence-corrected chi connectivity index (χ4v) is 2.04. The summed E-state index contributed by atoms with van der Waals surface area (Å²) in [6.45, 7) is 0.418. The van der Waals surface area contributed by atoms with Crippen LogP contribution in [0.15, 0.2) is 47.5 Å². The van der Waals surface area contributed by atoms with Gasteiger partial charge >= 0.3 is 0 Å². The zero-order chi connectivity index (χ0) is 14.7. The molecule has 0 saturated heterocycles. The summed E-state index contributed by atoms with van der Waals surface area (Å²) >= 11 is 0. The zero-order valence-corrected chi connectivity index (χ0v) is 11.1.